The number of carbonyl (C=O) groups excluding carboxylic acids is 1. The number of hydrogen-bond acceptors (Lipinski definition) is 5. The summed E-state index contributed by atoms with van der Waals surface area (Å²) in [6, 6.07) is 14.4. The number of rotatable bonds is 6. The van der Waals surface area contributed by atoms with E-state index in [-0.39, 0.29) is 10.8 Å². The van der Waals surface area contributed by atoms with Gasteiger partial charge < -0.3 is 14.8 Å². The van der Waals surface area contributed by atoms with Crippen molar-refractivity contribution in [2.75, 3.05) is 40.3 Å². The summed E-state index contributed by atoms with van der Waals surface area (Å²) in [6.07, 6.45) is 3.33. The first-order valence-electron chi connectivity index (χ1n) is 10.5. The van der Waals surface area contributed by atoms with Crippen LogP contribution >= 0.6 is 0 Å². The standard InChI is InChI=1S/C23H27N5O3S/c1-26-10-12-28(13-11-26)32(30,31)21-15-19(18-6-4-3-5-7-18)14-20(16-21)23(29)27(2)17-22-24-8-9-25-22/h3-9,14-16H,10-13,17H2,1-2H3,(H,24,25). The lowest BCUT2D eigenvalue weighted by molar-refractivity contribution is 0.0781. The number of imidazole rings is 1. The summed E-state index contributed by atoms with van der Waals surface area (Å²) in [5.41, 5.74) is 1.87. The zero-order chi connectivity index (χ0) is 22.7. The van der Waals surface area contributed by atoms with Crippen molar-refractivity contribution < 1.29 is 13.2 Å². The molecule has 0 bridgehead atoms. The molecular formula is C23H27N5O3S. The maximum Gasteiger partial charge on any atom is 0.254 e. The number of aromatic nitrogens is 2. The third-order valence-electron chi connectivity index (χ3n) is 5.65. The number of sulfonamides is 1. The predicted octanol–water partition coefficient (Wildman–Crippen LogP) is 2.29. The maximum atomic E-state index is 13.4. The topological polar surface area (TPSA) is 89.6 Å². The molecule has 1 aromatic heterocycles. The number of H-pyrrole nitrogens is 1. The third kappa shape index (κ3) is 4.74. The molecule has 1 aliphatic rings. The van der Waals surface area contributed by atoms with Crippen LogP contribution in [0.5, 0.6) is 0 Å². The van der Waals surface area contributed by atoms with Crippen LogP contribution in [0.25, 0.3) is 11.1 Å². The molecule has 0 unspecified atom stereocenters. The van der Waals surface area contributed by atoms with E-state index < -0.39 is 10.0 Å². The van der Waals surface area contributed by atoms with E-state index in [4.69, 9.17) is 0 Å². The first kappa shape index (κ1) is 22.2. The van der Waals surface area contributed by atoms with E-state index in [1.165, 1.54) is 15.3 Å². The molecule has 8 nitrogen and oxygen atoms in total. The largest absolute Gasteiger partial charge is 0.347 e. The van der Waals surface area contributed by atoms with Crippen LogP contribution in [-0.4, -0.2) is 78.7 Å². The van der Waals surface area contributed by atoms with Crippen molar-refractivity contribution in [3.05, 3.63) is 72.3 Å². The lowest BCUT2D eigenvalue weighted by Gasteiger charge is -2.31. The summed E-state index contributed by atoms with van der Waals surface area (Å²) >= 11 is 0. The van der Waals surface area contributed by atoms with E-state index in [0.29, 0.717) is 49.7 Å². The molecule has 1 N–H and O–H groups in total. The third-order valence-corrected chi connectivity index (χ3v) is 7.53. The summed E-state index contributed by atoms with van der Waals surface area (Å²) in [6.45, 7) is 2.50. The number of benzene rings is 2. The van der Waals surface area contributed by atoms with Crippen molar-refractivity contribution in [3.8, 4) is 11.1 Å². The van der Waals surface area contributed by atoms with Gasteiger partial charge in [-0.05, 0) is 36.4 Å². The normalized spacial score (nSPS) is 15.6. The SMILES string of the molecule is CN1CCN(S(=O)(=O)c2cc(C(=O)N(C)Cc3ncc[nH]3)cc(-c3ccccc3)c2)CC1. The van der Waals surface area contributed by atoms with Crippen LogP contribution in [-0.2, 0) is 16.6 Å². The molecule has 0 spiro atoms. The van der Waals surface area contributed by atoms with Gasteiger partial charge in [0.1, 0.15) is 5.82 Å². The zero-order valence-electron chi connectivity index (χ0n) is 18.2. The van der Waals surface area contributed by atoms with E-state index in [0.717, 1.165) is 5.56 Å². The Balaban J connectivity index is 1.72. The van der Waals surface area contributed by atoms with E-state index in [2.05, 4.69) is 14.9 Å². The smallest absolute Gasteiger partial charge is 0.254 e. The minimum atomic E-state index is -3.73. The molecule has 0 atom stereocenters. The first-order valence-corrected chi connectivity index (χ1v) is 11.9. The summed E-state index contributed by atoms with van der Waals surface area (Å²) in [4.78, 5) is 24.1. The average Bonchev–Trinajstić information content (AvgIpc) is 3.32. The molecule has 1 saturated heterocycles. The van der Waals surface area contributed by atoms with Gasteiger partial charge in [-0.25, -0.2) is 13.4 Å². The number of likely N-dealkylation sites (N-methyl/N-ethyl adjacent to an activating group) is 1. The Morgan fingerprint density at radius 3 is 2.44 bits per heavy atom. The molecule has 1 aliphatic heterocycles. The highest BCUT2D eigenvalue weighted by molar-refractivity contribution is 7.89. The Hall–Kier alpha value is -3.01. The number of nitrogens with one attached hydrogen (secondary N) is 1. The fourth-order valence-electron chi connectivity index (χ4n) is 3.75. The number of nitrogens with zero attached hydrogens (tertiary/aromatic N) is 4. The molecule has 9 heteroatoms. The zero-order valence-corrected chi connectivity index (χ0v) is 19.0. The second-order valence-corrected chi connectivity index (χ2v) is 9.95. The van der Waals surface area contributed by atoms with E-state index in [9.17, 15) is 13.2 Å². The molecule has 168 valence electrons. The summed E-state index contributed by atoms with van der Waals surface area (Å²) in [5.74, 6) is 0.388. The van der Waals surface area contributed by atoms with Crippen molar-refractivity contribution in [1.29, 1.82) is 0 Å². The highest BCUT2D eigenvalue weighted by Crippen LogP contribution is 2.27. The van der Waals surface area contributed by atoms with E-state index in [1.807, 2.05) is 37.4 Å². The van der Waals surface area contributed by atoms with Crippen molar-refractivity contribution >= 4 is 15.9 Å². The van der Waals surface area contributed by atoms with Gasteiger partial charge in [0.05, 0.1) is 11.4 Å². The van der Waals surface area contributed by atoms with Crippen LogP contribution in [0.4, 0.5) is 0 Å². The number of hydrogen-bond donors (Lipinski definition) is 1. The number of carbonyl (C=O) groups is 1. The lowest BCUT2D eigenvalue weighted by Crippen LogP contribution is -2.47. The van der Waals surface area contributed by atoms with Crippen LogP contribution in [0.15, 0.2) is 65.8 Å². The maximum absolute atomic E-state index is 13.4. The number of piperazine rings is 1. The van der Waals surface area contributed by atoms with Gasteiger partial charge in [-0.3, -0.25) is 4.79 Å². The van der Waals surface area contributed by atoms with Crippen LogP contribution in [0.2, 0.25) is 0 Å². The highest BCUT2D eigenvalue weighted by atomic mass is 32.2. The van der Waals surface area contributed by atoms with E-state index >= 15 is 0 Å². The predicted molar refractivity (Wildman–Crippen MR) is 123 cm³/mol. The van der Waals surface area contributed by atoms with Crippen molar-refractivity contribution in [2.24, 2.45) is 0 Å². The molecule has 1 fully saturated rings. The van der Waals surface area contributed by atoms with Crippen LogP contribution in [0.3, 0.4) is 0 Å². The fraction of sp³-hybridized carbons (Fsp3) is 0.304. The van der Waals surface area contributed by atoms with Gasteiger partial charge in [-0.1, -0.05) is 30.3 Å². The Bertz CT molecular complexity index is 1170. The number of aromatic amines is 1. The van der Waals surface area contributed by atoms with E-state index in [1.54, 1.807) is 31.6 Å². The average molecular weight is 454 g/mol. The van der Waals surface area contributed by atoms with Gasteiger partial charge in [0.15, 0.2) is 0 Å². The molecule has 3 aromatic rings. The van der Waals surface area contributed by atoms with Gasteiger partial charge in [0, 0.05) is 51.2 Å². The minimum absolute atomic E-state index is 0.137. The Labute approximate surface area is 188 Å². The van der Waals surface area contributed by atoms with Crippen LogP contribution in [0.1, 0.15) is 16.2 Å². The highest BCUT2D eigenvalue weighted by Gasteiger charge is 2.29. The van der Waals surface area contributed by atoms with Crippen molar-refractivity contribution in [1.82, 2.24) is 24.1 Å². The molecule has 2 aromatic carbocycles. The quantitative estimate of drug-likeness (QED) is 0.619. The Kier molecular flexibility index (Phi) is 6.40. The molecule has 32 heavy (non-hydrogen) atoms. The monoisotopic (exact) mass is 453 g/mol. The second-order valence-electron chi connectivity index (χ2n) is 8.02. The molecule has 0 radical (unpaired) electrons. The molecule has 0 saturated carbocycles. The minimum Gasteiger partial charge on any atom is -0.347 e. The number of amides is 1. The van der Waals surface area contributed by atoms with Crippen LogP contribution in [0, 0.1) is 0 Å². The van der Waals surface area contributed by atoms with Gasteiger partial charge in [0.25, 0.3) is 5.91 Å². The van der Waals surface area contributed by atoms with Gasteiger partial charge in [-0.2, -0.15) is 4.31 Å². The molecule has 2 heterocycles. The summed E-state index contributed by atoms with van der Waals surface area (Å²) in [5, 5.41) is 0. The van der Waals surface area contributed by atoms with Crippen LogP contribution < -0.4 is 0 Å². The van der Waals surface area contributed by atoms with Crippen molar-refractivity contribution in [3.63, 3.8) is 0 Å². The Morgan fingerprint density at radius 2 is 1.78 bits per heavy atom. The van der Waals surface area contributed by atoms with Gasteiger partial charge in [0.2, 0.25) is 10.0 Å². The van der Waals surface area contributed by atoms with Gasteiger partial charge in [-0.15, -0.1) is 0 Å². The lowest BCUT2D eigenvalue weighted by atomic mass is 10.0. The molecule has 4 rings (SSSR count). The van der Waals surface area contributed by atoms with Crippen molar-refractivity contribution in [2.45, 2.75) is 11.4 Å². The molecule has 1 amide bonds. The summed E-state index contributed by atoms with van der Waals surface area (Å²) < 4.78 is 28.4. The molecule has 0 aliphatic carbocycles. The Morgan fingerprint density at radius 1 is 1.06 bits per heavy atom. The fourth-order valence-corrected chi connectivity index (χ4v) is 5.24. The summed E-state index contributed by atoms with van der Waals surface area (Å²) in [7, 11) is -0.0771. The first-order chi connectivity index (χ1) is 15.3. The van der Waals surface area contributed by atoms with Gasteiger partial charge >= 0.3 is 0 Å². The second kappa shape index (κ2) is 9.23. The molecular weight excluding hydrogens is 426 g/mol.